The van der Waals surface area contributed by atoms with Crippen molar-refractivity contribution >= 4 is 17.5 Å². The van der Waals surface area contributed by atoms with E-state index in [0.717, 1.165) is 0 Å². The quantitative estimate of drug-likeness (QED) is 0.633. The molecule has 2 nitrogen and oxygen atoms in total. The van der Waals surface area contributed by atoms with E-state index in [1.54, 1.807) is 6.07 Å². The van der Waals surface area contributed by atoms with Crippen molar-refractivity contribution < 1.29 is 9.18 Å². The van der Waals surface area contributed by atoms with Crippen molar-refractivity contribution in [3.05, 3.63) is 34.6 Å². The highest BCUT2D eigenvalue weighted by molar-refractivity contribution is 6.31. The fraction of sp³-hybridized carbons (Fsp3) is 0.250. The first-order valence-electron chi connectivity index (χ1n) is 4.78. The molecule has 0 saturated heterocycles. The van der Waals surface area contributed by atoms with Gasteiger partial charge >= 0.3 is 0 Å². The van der Waals surface area contributed by atoms with Crippen LogP contribution in [-0.2, 0) is 11.2 Å². The van der Waals surface area contributed by atoms with Gasteiger partial charge in [-0.2, -0.15) is 0 Å². The normalized spacial score (nSPS) is 9.56. The minimum atomic E-state index is -0.473. The van der Waals surface area contributed by atoms with Crippen molar-refractivity contribution in [2.45, 2.75) is 12.8 Å². The van der Waals surface area contributed by atoms with Crippen LogP contribution in [-0.4, -0.2) is 12.5 Å². The molecule has 0 spiro atoms. The van der Waals surface area contributed by atoms with Crippen LogP contribution in [0.5, 0.6) is 0 Å². The summed E-state index contributed by atoms with van der Waals surface area (Å²) < 4.78 is 13.3. The Morgan fingerprint density at radius 3 is 2.94 bits per heavy atom. The Morgan fingerprint density at radius 2 is 2.31 bits per heavy atom. The molecule has 0 aliphatic rings. The summed E-state index contributed by atoms with van der Waals surface area (Å²) in [5.41, 5.74) is 0.211. The third-order valence-corrected chi connectivity index (χ3v) is 2.34. The lowest BCUT2D eigenvalue weighted by Gasteiger charge is -2.06. The summed E-state index contributed by atoms with van der Waals surface area (Å²) in [4.78, 5) is 11.4. The highest BCUT2D eigenvalue weighted by Gasteiger charge is 2.10. The van der Waals surface area contributed by atoms with Crippen molar-refractivity contribution in [2.75, 3.05) is 6.54 Å². The van der Waals surface area contributed by atoms with E-state index in [2.05, 4.69) is 11.2 Å². The fourth-order valence-electron chi connectivity index (χ4n) is 1.20. The summed E-state index contributed by atoms with van der Waals surface area (Å²) >= 11 is 5.78. The molecule has 1 amide bonds. The second kappa shape index (κ2) is 6.14. The molecular formula is C12H11ClFNO. The smallest absolute Gasteiger partial charge is 0.224 e. The molecule has 0 fully saturated rings. The first-order valence-corrected chi connectivity index (χ1v) is 5.16. The van der Waals surface area contributed by atoms with E-state index in [0.29, 0.717) is 13.0 Å². The number of amides is 1. The van der Waals surface area contributed by atoms with Gasteiger partial charge in [0.25, 0.3) is 0 Å². The Labute approximate surface area is 98.8 Å². The van der Waals surface area contributed by atoms with E-state index in [9.17, 15) is 9.18 Å². The van der Waals surface area contributed by atoms with Gasteiger partial charge in [0.1, 0.15) is 5.82 Å². The number of terminal acetylenes is 1. The molecule has 0 unspecified atom stereocenters. The Balaban J connectivity index is 2.60. The van der Waals surface area contributed by atoms with Gasteiger partial charge in [-0.05, 0) is 12.1 Å². The highest BCUT2D eigenvalue weighted by Crippen LogP contribution is 2.19. The molecule has 84 valence electrons. The van der Waals surface area contributed by atoms with Gasteiger partial charge in [0, 0.05) is 23.6 Å². The number of hydrogen-bond acceptors (Lipinski definition) is 1. The summed E-state index contributed by atoms with van der Waals surface area (Å²) in [6.07, 6.45) is 5.41. The minimum Gasteiger partial charge on any atom is -0.355 e. The second-order valence-electron chi connectivity index (χ2n) is 3.18. The monoisotopic (exact) mass is 239 g/mol. The van der Waals surface area contributed by atoms with Gasteiger partial charge < -0.3 is 5.32 Å². The standard InChI is InChI=1S/C12H11ClFNO/c1-2-3-7-15-12(16)8-9-10(13)5-4-6-11(9)14/h1,4-6H,3,7-8H2,(H,15,16). The average Bonchev–Trinajstić information content (AvgIpc) is 2.24. The van der Waals surface area contributed by atoms with Crippen LogP contribution in [0.25, 0.3) is 0 Å². The van der Waals surface area contributed by atoms with Crippen LogP contribution in [0.1, 0.15) is 12.0 Å². The zero-order valence-electron chi connectivity index (χ0n) is 8.59. The molecule has 1 rings (SSSR count). The number of nitrogens with one attached hydrogen (secondary N) is 1. The van der Waals surface area contributed by atoms with E-state index in [4.69, 9.17) is 18.0 Å². The van der Waals surface area contributed by atoms with Crippen LogP contribution in [0.15, 0.2) is 18.2 Å². The summed E-state index contributed by atoms with van der Waals surface area (Å²) in [5, 5.41) is 2.84. The number of carbonyl (C=O) groups excluding carboxylic acids is 1. The maximum atomic E-state index is 13.3. The van der Waals surface area contributed by atoms with E-state index >= 15 is 0 Å². The van der Waals surface area contributed by atoms with Crippen LogP contribution in [0.3, 0.4) is 0 Å². The van der Waals surface area contributed by atoms with Gasteiger partial charge in [0.2, 0.25) is 5.91 Å². The predicted octanol–water partition coefficient (Wildman–Crippen LogP) is 2.16. The lowest BCUT2D eigenvalue weighted by Crippen LogP contribution is -2.26. The summed E-state index contributed by atoms with van der Waals surface area (Å²) in [7, 11) is 0. The van der Waals surface area contributed by atoms with Crippen LogP contribution in [0, 0.1) is 18.2 Å². The number of benzene rings is 1. The van der Waals surface area contributed by atoms with E-state index < -0.39 is 5.82 Å². The molecule has 0 heterocycles. The lowest BCUT2D eigenvalue weighted by atomic mass is 10.1. The van der Waals surface area contributed by atoms with Gasteiger partial charge in [-0.1, -0.05) is 17.7 Å². The predicted molar refractivity (Wildman–Crippen MR) is 61.6 cm³/mol. The van der Waals surface area contributed by atoms with Crippen molar-refractivity contribution in [1.82, 2.24) is 5.32 Å². The first-order chi connectivity index (χ1) is 7.65. The zero-order chi connectivity index (χ0) is 12.0. The van der Waals surface area contributed by atoms with E-state index in [1.807, 2.05) is 0 Å². The molecule has 0 aliphatic heterocycles. The number of rotatable bonds is 4. The summed E-state index contributed by atoms with van der Waals surface area (Å²) in [6, 6.07) is 4.32. The first kappa shape index (κ1) is 12.5. The molecule has 4 heteroatoms. The van der Waals surface area contributed by atoms with Gasteiger partial charge in [-0.15, -0.1) is 12.3 Å². The molecule has 0 bridgehead atoms. The zero-order valence-corrected chi connectivity index (χ0v) is 9.35. The molecular weight excluding hydrogens is 229 g/mol. The van der Waals surface area contributed by atoms with Crippen LogP contribution < -0.4 is 5.32 Å². The molecule has 0 atom stereocenters. The SMILES string of the molecule is C#CCCNC(=O)Cc1c(F)cccc1Cl. The molecule has 0 radical (unpaired) electrons. The van der Waals surface area contributed by atoms with Gasteiger partial charge in [0.15, 0.2) is 0 Å². The highest BCUT2D eigenvalue weighted by atomic mass is 35.5. The lowest BCUT2D eigenvalue weighted by molar-refractivity contribution is -0.120. The van der Waals surface area contributed by atoms with E-state index in [1.165, 1.54) is 12.1 Å². The molecule has 0 aromatic heterocycles. The number of halogens is 2. The van der Waals surface area contributed by atoms with Crippen molar-refractivity contribution in [3.8, 4) is 12.3 Å². The molecule has 1 N–H and O–H groups in total. The molecule has 1 aromatic rings. The molecule has 0 aliphatic carbocycles. The fourth-order valence-corrected chi connectivity index (χ4v) is 1.43. The maximum absolute atomic E-state index is 13.3. The topological polar surface area (TPSA) is 29.1 Å². The third kappa shape index (κ3) is 3.56. The molecule has 1 aromatic carbocycles. The molecule has 0 saturated carbocycles. The number of hydrogen-bond donors (Lipinski definition) is 1. The summed E-state index contributed by atoms with van der Waals surface area (Å²) in [6.45, 7) is 0.390. The largest absolute Gasteiger partial charge is 0.355 e. The third-order valence-electron chi connectivity index (χ3n) is 1.99. The van der Waals surface area contributed by atoms with E-state index in [-0.39, 0.29) is 22.9 Å². The second-order valence-corrected chi connectivity index (χ2v) is 3.59. The van der Waals surface area contributed by atoms with Gasteiger partial charge in [-0.25, -0.2) is 4.39 Å². The van der Waals surface area contributed by atoms with Crippen molar-refractivity contribution in [1.29, 1.82) is 0 Å². The Kier molecular flexibility index (Phi) is 4.81. The Hall–Kier alpha value is -1.53. The maximum Gasteiger partial charge on any atom is 0.224 e. The van der Waals surface area contributed by atoms with Crippen LogP contribution in [0.2, 0.25) is 5.02 Å². The van der Waals surface area contributed by atoms with Gasteiger partial charge in [-0.3, -0.25) is 4.79 Å². The minimum absolute atomic E-state index is 0.0733. The van der Waals surface area contributed by atoms with Crippen molar-refractivity contribution in [2.24, 2.45) is 0 Å². The Bertz CT molecular complexity index is 405. The Morgan fingerprint density at radius 1 is 1.56 bits per heavy atom. The van der Waals surface area contributed by atoms with Crippen LogP contribution in [0.4, 0.5) is 4.39 Å². The average molecular weight is 240 g/mol. The summed E-state index contributed by atoms with van der Waals surface area (Å²) in [5.74, 6) is 1.63. The molecule has 16 heavy (non-hydrogen) atoms. The van der Waals surface area contributed by atoms with Crippen molar-refractivity contribution in [3.63, 3.8) is 0 Å². The van der Waals surface area contributed by atoms with Gasteiger partial charge in [0.05, 0.1) is 6.42 Å². The van der Waals surface area contributed by atoms with Crippen LogP contribution >= 0.6 is 11.6 Å². The number of carbonyl (C=O) groups is 1.